The van der Waals surface area contributed by atoms with E-state index >= 15 is 0 Å². The second kappa shape index (κ2) is 3.45. The third-order valence-electron chi connectivity index (χ3n) is 1.90. The minimum absolute atomic E-state index is 0.0303. The molecule has 2 rings (SSSR count). The van der Waals surface area contributed by atoms with Gasteiger partial charge in [-0.3, -0.25) is 0 Å². The highest BCUT2D eigenvalue weighted by Crippen LogP contribution is 2.27. The number of phenols is 1. The number of aromatic nitrogens is 1. The van der Waals surface area contributed by atoms with Gasteiger partial charge < -0.3 is 14.7 Å². The SMILES string of the molecule is O=C(O)c1cc(-c2ccccc2O)no1. The van der Waals surface area contributed by atoms with E-state index in [0.717, 1.165) is 0 Å². The van der Waals surface area contributed by atoms with Crippen molar-refractivity contribution in [3.63, 3.8) is 0 Å². The van der Waals surface area contributed by atoms with Crippen LogP contribution in [-0.2, 0) is 0 Å². The summed E-state index contributed by atoms with van der Waals surface area (Å²) in [5.74, 6) is -1.42. The van der Waals surface area contributed by atoms with Crippen molar-refractivity contribution in [1.29, 1.82) is 0 Å². The van der Waals surface area contributed by atoms with E-state index < -0.39 is 5.97 Å². The average molecular weight is 205 g/mol. The highest BCUT2D eigenvalue weighted by Gasteiger charge is 2.13. The molecule has 2 N–H and O–H groups in total. The third kappa shape index (κ3) is 1.67. The molecule has 0 amide bonds. The number of hydrogen-bond donors (Lipinski definition) is 2. The summed E-state index contributed by atoms with van der Waals surface area (Å²) in [5, 5.41) is 21.7. The third-order valence-corrected chi connectivity index (χ3v) is 1.90. The Labute approximate surface area is 84.6 Å². The van der Waals surface area contributed by atoms with Gasteiger partial charge in [-0.25, -0.2) is 4.79 Å². The molecule has 0 aliphatic carbocycles. The fourth-order valence-corrected chi connectivity index (χ4v) is 1.19. The summed E-state index contributed by atoms with van der Waals surface area (Å²) in [6.45, 7) is 0. The van der Waals surface area contributed by atoms with Crippen molar-refractivity contribution in [1.82, 2.24) is 5.16 Å². The lowest BCUT2D eigenvalue weighted by molar-refractivity contribution is 0.0652. The van der Waals surface area contributed by atoms with Crippen LogP contribution in [0.5, 0.6) is 5.75 Å². The van der Waals surface area contributed by atoms with Crippen molar-refractivity contribution in [3.05, 3.63) is 36.1 Å². The molecule has 0 radical (unpaired) electrons. The summed E-state index contributed by atoms with van der Waals surface area (Å²) in [4.78, 5) is 10.5. The highest BCUT2D eigenvalue weighted by atomic mass is 16.5. The predicted molar refractivity (Wildman–Crippen MR) is 50.6 cm³/mol. The number of aromatic hydroxyl groups is 1. The van der Waals surface area contributed by atoms with Crippen molar-refractivity contribution in [3.8, 4) is 17.0 Å². The number of hydrogen-bond acceptors (Lipinski definition) is 4. The number of carboxylic acid groups (broad SMARTS) is 1. The van der Waals surface area contributed by atoms with Crippen LogP contribution in [0.15, 0.2) is 34.9 Å². The van der Waals surface area contributed by atoms with Gasteiger partial charge >= 0.3 is 5.97 Å². The van der Waals surface area contributed by atoms with Gasteiger partial charge in [0.2, 0.25) is 5.76 Å². The van der Waals surface area contributed by atoms with Gasteiger partial charge in [0, 0.05) is 11.6 Å². The molecule has 1 heterocycles. The van der Waals surface area contributed by atoms with Crippen molar-refractivity contribution < 1.29 is 19.5 Å². The van der Waals surface area contributed by atoms with Gasteiger partial charge in [-0.05, 0) is 12.1 Å². The molecule has 0 spiro atoms. The molecule has 76 valence electrons. The van der Waals surface area contributed by atoms with E-state index in [1.54, 1.807) is 18.2 Å². The number of phenolic OH excluding ortho intramolecular Hbond substituents is 1. The van der Waals surface area contributed by atoms with Crippen LogP contribution in [-0.4, -0.2) is 21.3 Å². The van der Waals surface area contributed by atoms with E-state index in [1.165, 1.54) is 12.1 Å². The van der Waals surface area contributed by atoms with Crippen LogP contribution in [0.4, 0.5) is 0 Å². The molecule has 1 aromatic carbocycles. The molecular formula is C10H7NO4. The number of carboxylic acids is 1. The molecule has 1 aromatic heterocycles. The molecule has 0 aliphatic heterocycles. The van der Waals surface area contributed by atoms with Crippen molar-refractivity contribution >= 4 is 5.97 Å². The Morgan fingerprint density at radius 3 is 2.67 bits per heavy atom. The Kier molecular flexibility index (Phi) is 2.13. The Hall–Kier alpha value is -2.30. The Balaban J connectivity index is 2.46. The summed E-state index contributed by atoms with van der Waals surface area (Å²) in [5.41, 5.74) is 0.735. The van der Waals surface area contributed by atoms with Crippen LogP contribution in [0.2, 0.25) is 0 Å². The topological polar surface area (TPSA) is 83.6 Å². The molecule has 0 unspecified atom stereocenters. The van der Waals surface area contributed by atoms with Gasteiger partial charge in [0.05, 0.1) is 0 Å². The van der Waals surface area contributed by atoms with Crippen molar-refractivity contribution in [2.45, 2.75) is 0 Å². The first kappa shape index (κ1) is 9.26. The maximum Gasteiger partial charge on any atom is 0.374 e. The first-order chi connectivity index (χ1) is 7.18. The molecular weight excluding hydrogens is 198 g/mol. The van der Waals surface area contributed by atoms with Crippen LogP contribution >= 0.6 is 0 Å². The van der Waals surface area contributed by atoms with Crippen LogP contribution in [0, 0.1) is 0 Å². The highest BCUT2D eigenvalue weighted by molar-refractivity contribution is 5.86. The molecule has 5 heteroatoms. The summed E-state index contributed by atoms with van der Waals surface area (Å²) < 4.78 is 4.57. The van der Waals surface area contributed by atoms with Crippen molar-refractivity contribution in [2.75, 3.05) is 0 Å². The van der Waals surface area contributed by atoms with Crippen LogP contribution in [0.25, 0.3) is 11.3 Å². The maximum absolute atomic E-state index is 10.5. The number of nitrogens with zero attached hydrogens (tertiary/aromatic N) is 1. The zero-order valence-electron chi connectivity index (χ0n) is 7.54. The number of rotatable bonds is 2. The molecule has 0 atom stereocenters. The van der Waals surface area contributed by atoms with Gasteiger partial charge in [-0.15, -0.1) is 0 Å². The predicted octanol–water partition coefficient (Wildman–Crippen LogP) is 1.75. The van der Waals surface area contributed by atoms with Gasteiger partial charge in [0.1, 0.15) is 11.4 Å². The number of aromatic carboxylic acids is 1. The molecule has 0 aliphatic rings. The summed E-state index contributed by atoms with van der Waals surface area (Å²) in [6, 6.07) is 7.75. The Morgan fingerprint density at radius 2 is 2.07 bits per heavy atom. The van der Waals surface area contributed by atoms with Gasteiger partial charge in [0.15, 0.2) is 0 Å². The second-order valence-electron chi connectivity index (χ2n) is 2.90. The lowest BCUT2D eigenvalue weighted by Gasteiger charge is -1.97. The number of benzene rings is 1. The fraction of sp³-hybridized carbons (Fsp3) is 0. The van der Waals surface area contributed by atoms with E-state index in [2.05, 4.69) is 9.68 Å². The molecule has 2 aromatic rings. The summed E-state index contributed by atoms with van der Waals surface area (Å²) in [7, 11) is 0. The smallest absolute Gasteiger partial charge is 0.374 e. The Bertz CT molecular complexity index is 504. The molecule has 15 heavy (non-hydrogen) atoms. The first-order valence-corrected chi connectivity index (χ1v) is 4.17. The monoisotopic (exact) mass is 205 g/mol. The minimum Gasteiger partial charge on any atom is -0.507 e. The second-order valence-corrected chi connectivity index (χ2v) is 2.90. The van der Waals surface area contributed by atoms with Crippen LogP contribution in [0.3, 0.4) is 0 Å². The Morgan fingerprint density at radius 1 is 1.33 bits per heavy atom. The van der Waals surface area contributed by atoms with Crippen LogP contribution in [0.1, 0.15) is 10.6 Å². The van der Waals surface area contributed by atoms with E-state index in [9.17, 15) is 9.90 Å². The van der Waals surface area contributed by atoms with Gasteiger partial charge in [-0.2, -0.15) is 0 Å². The van der Waals surface area contributed by atoms with Crippen molar-refractivity contribution in [2.24, 2.45) is 0 Å². The fourth-order valence-electron chi connectivity index (χ4n) is 1.19. The van der Waals surface area contributed by atoms with Crippen LogP contribution < -0.4 is 0 Å². The largest absolute Gasteiger partial charge is 0.507 e. The maximum atomic E-state index is 10.5. The first-order valence-electron chi connectivity index (χ1n) is 4.17. The average Bonchev–Trinajstić information content (AvgIpc) is 2.67. The summed E-state index contributed by atoms with van der Waals surface area (Å²) in [6.07, 6.45) is 0. The van der Waals surface area contributed by atoms with Gasteiger partial charge in [-0.1, -0.05) is 17.3 Å². The van der Waals surface area contributed by atoms with E-state index in [1.807, 2.05) is 0 Å². The van der Waals surface area contributed by atoms with E-state index in [-0.39, 0.29) is 11.5 Å². The number of para-hydroxylation sites is 1. The van der Waals surface area contributed by atoms with E-state index in [0.29, 0.717) is 11.3 Å². The molecule has 5 nitrogen and oxygen atoms in total. The molecule has 0 saturated carbocycles. The standard InChI is InChI=1S/C10H7NO4/c12-8-4-2-1-3-6(8)7-5-9(10(13)14)15-11-7/h1-5,12H,(H,13,14). The quantitative estimate of drug-likeness (QED) is 0.780. The van der Waals surface area contributed by atoms with Gasteiger partial charge in [0.25, 0.3) is 0 Å². The molecule has 0 saturated heterocycles. The van der Waals surface area contributed by atoms with E-state index in [4.69, 9.17) is 5.11 Å². The normalized spacial score (nSPS) is 10.1. The minimum atomic E-state index is -1.19. The lowest BCUT2D eigenvalue weighted by Crippen LogP contribution is -1.91. The molecule has 0 fully saturated rings. The number of carbonyl (C=O) groups is 1. The zero-order valence-corrected chi connectivity index (χ0v) is 7.54. The lowest BCUT2D eigenvalue weighted by atomic mass is 10.1. The molecule has 0 bridgehead atoms. The zero-order chi connectivity index (χ0) is 10.8. The summed E-state index contributed by atoms with van der Waals surface area (Å²) >= 11 is 0.